The van der Waals surface area contributed by atoms with Crippen LogP contribution in [-0.4, -0.2) is 17.0 Å². The van der Waals surface area contributed by atoms with Gasteiger partial charge in [-0.05, 0) is 24.5 Å². The molecule has 19 heavy (non-hydrogen) atoms. The first-order valence-electron chi connectivity index (χ1n) is 6.09. The van der Waals surface area contributed by atoms with Crippen molar-refractivity contribution in [3.8, 4) is 0 Å². The van der Waals surface area contributed by atoms with Crippen molar-refractivity contribution in [2.45, 2.75) is 26.3 Å². The largest absolute Gasteiger partial charge is 0.334 e. The number of thioether (sulfide) groups is 1. The lowest BCUT2D eigenvalue weighted by Gasteiger charge is -2.23. The molecule has 104 valence electrons. The number of anilines is 1. The van der Waals surface area contributed by atoms with Crippen molar-refractivity contribution in [2.24, 2.45) is 10.9 Å². The minimum Gasteiger partial charge on any atom is -0.334 e. The maximum Gasteiger partial charge on any atom is 0.161 e. The van der Waals surface area contributed by atoms with E-state index in [1.807, 2.05) is 0 Å². The molecule has 0 bridgehead atoms. The Morgan fingerprint density at radius 1 is 1.21 bits per heavy atom. The second-order valence-electron chi connectivity index (χ2n) is 4.75. The summed E-state index contributed by atoms with van der Waals surface area (Å²) >= 11 is 19.8. The molecule has 0 radical (unpaired) electrons. The van der Waals surface area contributed by atoms with Gasteiger partial charge in [-0.3, -0.25) is 4.99 Å². The van der Waals surface area contributed by atoms with Gasteiger partial charge < -0.3 is 5.32 Å². The van der Waals surface area contributed by atoms with E-state index in [-0.39, 0.29) is 0 Å². The molecule has 2 rings (SSSR count). The lowest BCUT2D eigenvalue weighted by atomic mass is 10.0. The summed E-state index contributed by atoms with van der Waals surface area (Å²) in [5.74, 6) is 1.61. The molecule has 0 saturated heterocycles. The van der Waals surface area contributed by atoms with Crippen LogP contribution in [0.2, 0.25) is 15.1 Å². The molecule has 0 amide bonds. The normalized spacial score (nSPS) is 19.5. The van der Waals surface area contributed by atoms with Crippen molar-refractivity contribution >= 4 is 57.4 Å². The summed E-state index contributed by atoms with van der Waals surface area (Å²) in [6.45, 7) is 4.38. The van der Waals surface area contributed by atoms with E-state index < -0.39 is 0 Å². The van der Waals surface area contributed by atoms with Crippen molar-refractivity contribution in [1.82, 2.24) is 0 Å². The van der Waals surface area contributed by atoms with Crippen molar-refractivity contribution in [3.63, 3.8) is 0 Å². The van der Waals surface area contributed by atoms with Gasteiger partial charge in [0.2, 0.25) is 0 Å². The van der Waals surface area contributed by atoms with Crippen LogP contribution in [0.3, 0.4) is 0 Å². The van der Waals surface area contributed by atoms with Crippen LogP contribution in [0, 0.1) is 5.92 Å². The molecule has 0 aromatic heterocycles. The summed E-state index contributed by atoms with van der Waals surface area (Å²) in [5.41, 5.74) is 0.742. The monoisotopic (exact) mass is 336 g/mol. The molecule has 0 fully saturated rings. The van der Waals surface area contributed by atoms with Gasteiger partial charge in [-0.15, -0.1) is 0 Å². The van der Waals surface area contributed by atoms with E-state index >= 15 is 0 Å². The second kappa shape index (κ2) is 6.57. The highest BCUT2D eigenvalue weighted by Gasteiger charge is 2.19. The van der Waals surface area contributed by atoms with Gasteiger partial charge in [-0.25, -0.2) is 0 Å². The van der Waals surface area contributed by atoms with E-state index in [1.165, 1.54) is 0 Å². The van der Waals surface area contributed by atoms with Crippen LogP contribution in [0.1, 0.15) is 20.3 Å². The number of rotatable bonds is 2. The molecule has 2 nitrogen and oxygen atoms in total. The predicted octanol–water partition coefficient (Wildman–Crippen LogP) is 5.58. The molecule has 1 N–H and O–H groups in total. The van der Waals surface area contributed by atoms with E-state index in [1.54, 1.807) is 23.9 Å². The number of aliphatic imine (C=N–C) groups is 1. The third-order valence-corrected chi connectivity index (χ3v) is 4.91. The minimum absolute atomic E-state index is 0.366. The van der Waals surface area contributed by atoms with Crippen LogP contribution in [0.25, 0.3) is 0 Å². The van der Waals surface area contributed by atoms with E-state index in [9.17, 15) is 0 Å². The van der Waals surface area contributed by atoms with Gasteiger partial charge in [-0.2, -0.15) is 0 Å². The molecule has 1 aromatic rings. The SMILES string of the molecule is CC(C)C1CCSC(Nc2cc(Cl)c(Cl)cc2Cl)=N1. The fourth-order valence-electron chi connectivity index (χ4n) is 1.81. The zero-order chi connectivity index (χ0) is 14.0. The van der Waals surface area contributed by atoms with Crippen molar-refractivity contribution in [3.05, 3.63) is 27.2 Å². The summed E-state index contributed by atoms with van der Waals surface area (Å²) < 4.78 is 0. The summed E-state index contributed by atoms with van der Waals surface area (Å²) in [4.78, 5) is 4.70. The molecule has 1 aliphatic heterocycles. The Balaban J connectivity index is 2.19. The van der Waals surface area contributed by atoms with E-state index in [4.69, 9.17) is 39.8 Å². The van der Waals surface area contributed by atoms with Crippen LogP contribution < -0.4 is 5.32 Å². The summed E-state index contributed by atoms with van der Waals surface area (Å²) in [6.07, 6.45) is 1.11. The highest BCUT2D eigenvalue weighted by Crippen LogP contribution is 2.33. The van der Waals surface area contributed by atoms with Crippen LogP contribution in [0.5, 0.6) is 0 Å². The lowest BCUT2D eigenvalue weighted by molar-refractivity contribution is 0.485. The molecule has 6 heteroatoms. The third-order valence-electron chi connectivity index (χ3n) is 2.96. The number of hydrogen-bond acceptors (Lipinski definition) is 3. The maximum absolute atomic E-state index is 6.15. The third kappa shape index (κ3) is 3.94. The minimum atomic E-state index is 0.366. The Bertz CT molecular complexity index is 503. The predicted molar refractivity (Wildman–Crippen MR) is 88.2 cm³/mol. The smallest absolute Gasteiger partial charge is 0.161 e. The standard InChI is InChI=1S/C13H15Cl3N2S/c1-7(2)11-3-4-19-13(17-11)18-12-6-9(15)8(14)5-10(12)16/h5-7,11H,3-4H2,1-2H3,(H,17,18). The van der Waals surface area contributed by atoms with Gasteiger partial charge in [0, 0.05) is 5.75 Å². The second-order valence-corrected chi connectivity index (χ2v) is 7.06. The Kier molecular flexibility index (Phi) is 5.29. The topological polar surface area (TPSA) is 24.4 Å². The molecule has 0 spiro atoms. The first-order chi connectivity index (χ1) is 8.97. The molecule has 1 aromatic carbocycles. The Hall–Kier alpha value is -0.0900. The summed E-state index contributed by atoms with van der Waals surface area (Å²) in [5, 5.41) is 5.62. The molecular formula is C13H15Cl3N2S. The zero-order valence-corrected chi connectivity index (χ0v) is 13.8. The molecule has 0 saturated carbocycles. The molecule has 1 atom stereocenters. The molecule has 1 heterocycles. The molecule has 1 unspecified atom stereocenters. The van der Waals surface area contributed by atoms with Crippen molar-refractivity contribution in [1.29, 1.82) is 0 Å². The summed E-state index contributed by atoms with van der Waals surface area (Å²) in [6, 6.07) is 3.74. The number of amidine groups is 1. The van der Waals surface area contributed by atoms with Gasteiger partial charge in [0.1, 0.15) is 0 Å². The number of hydrogen-bond donors (Lipinski definition) is 1. The molecular weight excluding hydrogens is 323 g/mol. The zero-order valence-electron chi connectivity index (χ0n) is 10.7. The van der Waals surface area contributed by atoms with Crippen LogP contribution in [0.15, 0.2) is 17.1 Å². The quantitative estimate of drug-likeness (QED) is 0.713. The Labute approximate surface area is 132 Å². The average molecular weight is 338 g/mol. The van der Waals surface area contributed by atoms with Gasteiger partial charge in [0.25, 0.3) is 0 Å². The Morgan fingerprint density at radius 3 is 2.58 bits per heavy atom. The first kappa shape index (κ1) is 15.3. The molecule has 1 aliphatic rings. The van der Waals surface area contributed by atoms with Gasteiger partial charge >= 0.3 is 0 Å². The number of nitrogens with one attached hydrogen (secondary N) is 1. The number of benzene rings is 1. The van der Waals surface area contributed by atoms with Crippen LogP contribution >= 0.6 is 46.6 Å². The fourth-order valence-corrected chi connectivity index (χ4v) is 3.35. The summed E-state index contributed by atoms with van der Waals surface area (Å²) in [7, 11) is 0. The van der Waals surface area contributed by atoms with Gasteiger partial charge in [-0.1, -0.05) is 60.4 Å². The van der Waals surface area contributed by atoms with E-state index in [2.05, 4.69) is 19.2 Å². The lowest BCUT2D eigenvalue weighted by Crippen LogP contribution is -2.24. The van der Waals surface area contributed by atoms with Gasteiger partial charge in [0.05, 0.1) is 26.8 Å². The highest BCUT2D eigenvalue weighted by atomic mass is 35.5. The average Bonchev–Trinajstić information content (AvgIpc) is 2.36. The van der Waals surface area contributed by atoms with Crippen LogP contribution in [0.4, 0.5) is 5.69 Å². The number of nitrogens with zero attached hydrogens (tertiary/aromatic N) is 1. The van der Waals surface area contributed by atoms with Crippen molar-refractivity contribution in [2.75, 3.05) is 11.1 Å². The van der Waals surface area contributed by atoms with E-state index in [0.29, 0.717) is 27.0 Å². The molecule has 0 aliphatic carbocycles. The van der Waals surface area contributed by atoms with Crippen LogP contribution in [-0.2, 0) is 0 Å². The maximum atomic E-state index is 6.15. The first-order valence-corrected chi connectivity index (χ1v) is 8.21. The van der Waals surface area contributed by atoms with Crippen molar-refractivity contribution < 1.29 is 0 Å². The Morgan fingerprint density at radius 2 is 1.89 bits per heavy atom. The van der Waals surface area contributed by atoms with Gasteiger partial charge in [0.15, 0.2) is 5.17 Å². The van der Waals surface area contributed by atoms with E-state index in [0.717, 1.165) is 23.0 Å². The highest BCUT2D eigenvalue weighted by molar-refractivity contribution is 8.14. The number of halogens is 3. The fraction of sp³-hybridized carbons (Fsp3) is 0.462.